The molecule has 0 unspecified atom stereocenters. The molecule has 0 aliphatic heterocycles. The minimum Gasteiger partial charge on any atom is -0.496 e. The first-order valence-electron chi connectivity index (χ1n) is 4.63. The molecule has 0 saturated carbocycles. The maximum absolute atomic E-state index is 13.7. The van der Waals surface area contributed by atoms with Crippen LogP contribution in [0.5, 0.6) is 5.75 Å². The Bertz CT molecular complexity index is 563. The highest BCUT2D eigenvalue weighted by molar-refractivity contribution is 5.96. The lowest BCUT2D eigenvalue weighted by Crippen LogP contribution is -1.98. The zero-order chi connectivity index (χ0) is 11.7. The van der Waals surface area contributed by atoms with E-state index >= 15 is 0 Å². The molecule has 2 aromatic rings. The van der Waals surface area contributed by atoms with E-state index in [1.807, 2.05) is 0 Å². The molecule has 4 heteroatoms. The molecule has 0 aromatic heterocycles. The van der Waals surface area contributed by atoms with Gasteiger partial charge >= 0.3 is 5.97 Å². The number of carboxylic acid groups (broad SMARTS) is 1. The van der Waals surface area contributed by atoms with Crippen LogP contribution in [0.3, 0.4) is 0 Å². The smallest absolute Gasteiger partial charge is 0.335 e. The third kappa shape index (κ3) is 1.58. The Balaban J connectivity index is 2.80. The molecule has 0 radical (unpaired) electrons. The molecule has 0 bridgehead atoms. The van der Waals surface area contributed by atoms with Gasteiger partial charge in [-0.1, -0.05) is 12.1 Å². The summed E-state index contributed by atoms with van der Waals surface area (Å²) >= 11 is 0. The van der Waals surface area contributed by atoms with Crippen LogP contribution in [0.25, 0.3) is 10.8 Å². The van der Waals surface area contributed by atoms with Crippen molar-refractivity contribution in [1.82, 2.24) is 0 Å². The second-order valence-corrected chi connectivity index (χ2v) is 3.32. The third-order valence-electron chi connectivity index (χ3n) is 2.36. The fourth-order valence-electron chi connectivity index (χ4n) is 1.64. The Morgan fingerprint density at radius 2 is 2.12 bits per heavy atom. The predicted molar refractivity (Wildman–Crippen MR) is 57.4 cm³/mol. The highest BCUT2D eigenvalue weighted by Crippen LogP contribution is 2.29. The van der Waals surface area contributed by atoms with Crippen molar-refractivity contribution >= 4 is 16.7 Å². The maximum atomic E-state index is 13.7. The standard InChI is InChI=1S/C12H9FO3/c1-16-10-4-2-3-7-5-8(12(14)15)6-9(13)11(7)10/h2-6H,1H3,(H,14,15). The molecule has 16 heavy (non-hydrogen) atoms. The molecule has 0 aliphatic carbocycles. The van der Waals surface area contributed by atoms with Crippen LogP contribution in [0.4, 0.5) is 4.39 Å². The fourth-order valence-corrected chi connectivity index (χ4v) is 1.64. The quantitative estimate of drug-likeness (QED) is 0.846. The molecule has 0 aliphatic rings. The number of hydrogen-bond donors (Lipinski definition) is 1. The van der Waals surface area contributed by atoms with Gasteiger partial charge in [0.15, 0.2) is 0 Å². The molecule has 82 valence electrons. The van der Waals surface area contributed by atoms with E-state index < -0.39 is 11.8 Å². The summed E-state index contributed by atoms with van der Waals surface area (Å²) in [6.45, 7) is 0. The van der Waals surface area contributed by atoms with Gasteiger partial charge in [0.05, 0.1) is 18.1 Å². The molecule has 0 amide bonds. The van der Waals surface area contributed by atoms with E-state index in [9.17, 15) is 9.18 Å². The molecular formula is C12H9FO3. The van der Waals surface area contributed by atoms with Gasteiger partial charge in [-0.05, 0) is 23.6 Å². The van der Waals surface area contributed by atoms with Gasteiger partial charge in [-0.2, -0.15) is 0 Å². The number of benzene rings is 2. The van der Waals surface area contributed by atoms with E-state index in [0.717, 1.165) is 6.07 Å². The predicted octanol–water partition coefficient (Wildman–Crippen LogP) is 2.69. The number of carboxylic acids is 1. The molecule has 0 spiro atoms. The van der Waals surface area contributed by atoms with Crippen molar-refractivity contribution in [2.75, 3.05) is 7.11 Å². The van der Waals surface area contributed by atoms with Crippen LogP contribution in [-0.4, -0.2) is 18.2 Å². The average Bonchev–Trinajstić information content (AvgIpc) is 2.27. The molecule has 2 aromatic carbocycles. The van der Waals surface area contributed by atoms with Gasteiger partial charge in [-0.25, -0.2) is 9.18 Å². The van der Waals surface area contributed by atoms with Crippen molar-refractivity contribution in [3.05, 3.63) is 41.7 Å². The minimum absolute atomic E-state index is 0.0711. The molecule has 2 rings (SSSR count). The summed E-state index contributed by atoms with van der Waals surface area (Å²) in [4.78, 5) is 10.8. The molecule has 1 N–H and O–H groups in total. The van der Waals surface area contributed by atoms with E-state index in [0.29, 0.717) is 16.5 Å². The average molecular weight is 220 g/mol. The first kappa shape index (κ1) is 10.4. The first-order chi connectivity index (χ1) is 7.63. The van der Waals surface area contributed by atoms with Crippen molar-refractivity contribution in [3.8, 4) is 5.75 Å². The number of rotatable bonds is 2. The molecular weight excluding hydrogens is 211 g/mol. The third-order valence-corrected chi connectivity index (χ3v) is 2.36. The normalized spacial score (nSPS) is 10.4. The molecule has 0 fully saturated rings. The van der Waals surface area contributed by atoms with E-state index in [4.69, 9.17) is 9.84 Å². The number of aromatic carboxylic acids is 1. The Kier molecular flexibility index (Phi) is 2.48. The number of halogens is 1. The monoisotopic (exact) mass is 220 g/mol. The van der Waals surface area contributed by atoms with Gasteiger partial charge in [0.2, 0.25) is 0 Å². The van der Waals surface area contributed by atoms with Crippen LogP contribution in [0, 0.1) is 5.82 Å². The molecule has 0 atom stereocenters. The van der Waals surface area contributed by atoms with Gasteiger partial charge in [0.25, 0.3) is 0 Å². The van der Waals surface area contributed by atoms with E-state index in [2.05, 4.69) is 0 Å². The Hall–Kier alpha value is -2.10. The lowest BCUT2D eigenvalue weighted by atomic mass is 10.1. The molecule has 0 saturated heterocycles. The van der Waals surface area contributed by atoms with Crippen molar-refractivity contribution < 1.29 is 19.0 Å². The second-order valence-electron chi connectivity index (χ2n) is 3.32. The summed E-state index contributed by atoms with van der Waals surface area (Å²) in [7, 11) is 1.44. The van der Waals surface area contributed by atoms with E-state index in [1.165, 1.54) is 13.2 Å². The zero-order valence-electron chi connectivity index (χ0n) is 8.53. The van der Waals surface area contributed by atoms with Crippen molar-refractivity contribution in [1.29, 1.82) is 0 Å². The van der Waals surface area contributed by atoms with Crippen LogP contribution in [0.15, 0.2) is 30.3 Å². The zero-order valence-corrected chi connectivity index (χ0v) is 8.53. The van der Waals surface area contributed by atoms with Gasteiger partial charge in [0.1, 0.15) is 11.6 Å². The number of carbonyl (C=O) groups is 1. The summed E-state index contributed by atoms with van der Waals surface area (Å²) in [6.07, 6.45) is 0. The summed E-state index contributed by atoms with van der Waals surface area (Å²) in [6, 6.07) is 7.38. The van der Waals surface area contributed by atoms with Crippen molar-refractivity contribution in [3.63, 3.8) is 0 Å². The maximum Gasteiger partial charge on any atom is 0.335 e. The number of methoxy groups -OCH3 is 1. The number of hydrogen-bond acceptors (Lipinski definition) is 2. The Morgan fingerprint density at radius 1 is 1.38 bits per heavy atom. The minimum atomic E-state index is -1.15. The van der Waals surface area contributed by atoms with Crippen LogP contribution in [0.2, 0.25) is 0 Å². The second kappa shape index (κ2) is 3.81. The van der Waals surface area contributed by atoms with Gasteiger partial charge < -0.3 is 9.84 Å². The van der Waals surface area contributed by atoms with E-state index in [1.54, 1.807) is 18.2 Å². The van der Waals surface area contributed by atoms with Crippen molar-refractivity contribution in [2.24, 2.45) is 0 Å². The first-order valence-corrected chi connectivity index (χ1v) is 4.63. The Labute approximate surface area is 91.1 Å². The molecule has 0 heterocycles. The highest BCUT2D eigenvalue weighted by Gasteiger charge is 2.11. The molecule has 3 nitrogen and oxygen atoms in total. The van der Waals surface area contributed by atoms with Crippen LogP contribution in [0.1, 0.15) is 10.4 Å². The van der Waals surface area contributed by atoms with Gasteiger partial charge in [0, 0.05) is 0 Å². The Morgan fingerprint density at radius 3 is 2.75 bits per heavy atom. The summed E-state index contributed by atoms with van der Waals surface area (Å²) < 4.78 is 18.7. The van der Waals surface area contributed by atoms with Crippen LogP contribution in [-0.2, 0) is 0 Å². The lowest BCUT2D eigenvalue weighted by molar-refractivity contribution is 0.0696. The van der Waals surface area contributed by atoms with Gasteiger partial charge in [-0.15, -0.1) is 0 Å². The van der Waals surface area contributed by atoms with Crippen LogP contribution < -0.4 is 4.74 Å². The van der Waals surface area contributed by atoms with E-state index in [-0.39, 0.29) is 5.56 Å². The summed E-state index contributed by atoms with van der Waals surface area (Å²) in [5, 5.41) is 9.61. The van der Waals surface area contributed by atoms with Crippen molar-refractivity contribution in [2.45, 2.75) is 0 Å². The number of fused-ring (bicyclic) bond motifs is 1. The fraction of sp³-hybridized carbons (Fsp3) is 0.0833. The number of ether oxygens (including phenoxy) is 1. The van der Waals surface area contributed by atoms with Crippen LogP contribution >= 0.6 is 0 Å². The lowest BCUT2D eigenvalue weighted by Gasteiger charge is -2.07. The topological polar surface area (TPSA) is 46.5 Å². The SMILES string of the molecule is COc1cccc2cc(C(=O)O)cc(F)c12. The van der Waals surface area contributed by atoms with Gasteiger partial charge in [-0.3, -0.25) is 0 Å². The summed E-state index contributed by atoms with van der Waals surface area (Å²) in [5.41, 5.74) is -0.0711. The summed E-state index contributed by atoms with van der Waals surface area (Å²) in [5.74, 6) is -1.34. The highest BCUT2D eigenvalue weighted by atomic mass is 19.1. The largest absolute Gasteiger partial charge is 0.496 e.